The van der Waals surface area contributed by atoms with Crippen molar-refractivity contribution in [2.75, 3.05) is 39.8 Å². The number of piperidine rings is 1. The van der Waals surface area contributed by atoms with Gasteiger partial charge in [-0.3, -0.25) is 9.89 Å². The minimum atomic E-state index is 0.255. The standard InChI is InChI=1S/C22H34N6O2/c1-4-23-22(24-13-12-21-26-17(2)27-30-21)25-16-20(28-14-6-5-7-15-28)18-8-10-19(29-3)11-9-18/h8-11,20H,4-7,12-16H2,1-3H3,(H2,23,24,25). The molecule has 0 saturated carbocycles. The molecule has 1 unspecified atom stereocenters. The third-order valence-corrected chi connectivity index (χ3v) is 5.30. The molecule has 30 heavy (non-hydrogen) atoms. The molecule has 164 valence electrons. The monoisotopic (exact) mass is 414 g/mol. The summed E-state index contributed by atoms with van der Waals surface area (Å²) in [7, 11) is 1.70. The minimum Gasteiger partial charge on any atom is -0.497 e. The predicted octanol–water partition coefficient (Wildman–Crippen LogP) is 2.71. The van der Waals surface area contributed by atoms with Crippen LogP contribution >= 0.6 is 0 Å². The van der Waals surface area contributed by atoms with Crippen LogP contribution in [-0.4, -0.2) is 60.8 Å². The minimum absolute atomic E-state index is 0.255. The lowest BCUT2D eigenvalue weighted by Crippen LogP contribution is -2.40. The highest BCUT2D eigenvalue weighted by Crippen LogP contribution is 2.26. The van der Waals surface area contributed by atoms with Gasteiger partial charge in [-0.1, -0.05) is 23.7 Å². The molecule has 0 radical (unpaired) electrons. The van der Waals surface area contributed by atoms with Gasteiger partial charge in [0, 0.05) is 19.5 Å². The van der Waals surface area contributed by atoms with Gasteiger partial charge in [-0.05, 0) is 57.5 Å². The van der Waals surface area contributed by atoms with E-state index in [0.717, 1.165) is 31.3 Å². The number of nitrogens with one attached hydrogen (secondary N) is 2. The molecule has 1 atom stereocenters. The Bertz CT molecular complexity index is 783. The SMILES string of the molecule is CCNC(=NCC(c1ccc(OC)cc1)N1CCCCC1)NCCc1nc(C)no1. The molecular formula is C22H34N6O2. The summed E-state index contributed by atoms with van der Waals surface area (Å²) in [6, 6.07) is 8.64. The average Bonchev–Trinajstić information content (AvgIpc) is 3.20. The number of rotatable bonds is 9. The normalized spacial score (nSPS) is 16.3. The number of aromatic nitrogens is 2. The number of benzene rings is 1. The van der Waals surface area contributed by atoms with E-state index >= 15 is 0 Å². The summed E-state index contributed by atoms with van der Waals surface area (Å²) in [5.74, 6) is 2.99. The zero-order chi connectivity index (χ0) is 21.2. The Morgan fingerprint density at radius 1 is 1.20 bits per heavy atom. The number of likely N-dealkylation sites (tertiary alicyclic amines) is 1. The lowest BCUT2D eigenvalue weighted by molar-refractivity contribution is 0.167. The van der Waals surface area contributed by atoms with E-state index in [2.05, 4.69) is 44.7 Å². The fraction of sp³-hybridized carbons (Fsp3) is 0.591. The Balaban J connectivity index is 1.66. The molecule has 1 saturated heterocycles. The van der Waals surface area contributed by atoms with E-state index in [4.69, 9.17) is 14.3 Å². The first kappa shape index (κ1) is 22.1. The average molecular weight is 415 g/mol. The van der Waals surface area contributed by atoms with Gasteiger partial charge in [0.15, 0.2) is 11.8 Å². The summed E-state index contributed by atoms with van der Waals surface area (Å²) < 4.78 is 10.5. The first-order valence-electron chi connectivity index (χ1n) is 10.9. The van der Waals surface area contributed by atoms with Gasteiger partial charge in [0.25, 0.3) is 0 Å². The Labute approximate surface area is 179 Å². The third kappa shape index (κ3) is 6.45. The Morgan fingerprint density at radius 2 is 1.97 bits per heavy atom. The van der Waals surface area contributed by atoms with E-state index in [0.29, 0.717) is 31.2 Å². The van der Waals surface area contributed by atoms with Crippen LogP contribution in [0.25, 0.3) is 0 Å². The largest absolute Gasteiger partial charge is 0.497 e. The number of nitrogens with zero attached hydrogens (tertiary/aromatic N) is 4. The molecule has 0 aliphatic carbocycles. The van der Waals surface area contributed by atoms with Crippen molar-refractivity contribution >= 4 is 5.96 Å². The maximum absolute atomic E-state index is 5.33. The van der Waals surface area contributed by atoms with Crippen LogP contribution in [0.4, 0.5) is 0 Å². The molecule has 1 aliphatic rings. The van der Waals surface area contributed by atoms with Crippen LogP contribution in [0.1, 0.15) is 49.5 Å². The van der Waals surface area contributed by atoms with E-state index in [-0.39, 0.29) is 6.04 Å². The second kappa shape index (κ2) is 11.5. The zero-order valence-electron chi connectivity index (χ0n) is 18.4. The third-order valence-electron chi connectivity index (χ3n) is 5.30. The number of ether oxygens (including phenoxy) is 1. The van der Waals surface area contributed by atoms with Crippen molar-refractivity contribution in [3.05, 3.63) is 41.5 Å². The molecule has 8 heteroatoms. The first-order chi connectivity index (χ1) is 14.7. The van der Waals surface area contributed by atoms with E-state index in [1.54, 1.807) is 7.11 Å². The molecule has 1 aliphatic heterocycles. The fourth-order valence-electron chi connectivity index (χ4n) is 3.74. The van der Waals surface area contributed by atoms with Crippen LogP contribution in [-0.2, 0) is 6.42 Å². The van der Waals surface area contributed by atoms with Crippen LogP contribution in [0.5, 0.6) is 5.75 Å². The number of aliphatic imine (C=N–C) groups is 1. The topological polar surface area (TPSA) is 87.8 Å². The maximum atomic E-state index is 5.33. The number of aryl methyl sites for hydroxylation is 1. The number of hydrogen-bond acceptors (Lipinski definition) is 6. The summed E-state index contributed by atoms with van der Waals surface area (Å²) in [6.45, 7) is 8.32. The first-order valence-corrected chi connectivity index (χ1v) is 10.9. The van der Waals surface area contributed by atoms with Crippen LogP contribution in [0.3, 0.4) is 0 Å². The lowest BCUT2D eigenvalue weighted by Gasteiger charge is -2.34. The molecule has 0 spiro atoms. The second-order valence-corrected chi connectivity index (χ2v) is 7.52. The molecule has 0 bridgehead atoms. The van der Waals surface area contributed by atoms with Gasteiger partial charge >= 0.3 is 0 Å². The fourth-order valence-corrected chi connectivity index (χ4v) is 3.74. The van der Waals surface area contributed by atoms with Crippen molar-refractivity contribution in [3.63, 3.8) is 0 Å². The van der Waals surface area contributed by atoms with Crippen molar-refractivity contribution in [2.24, 2.45) is 4.99 Å². The van der Waals surface area contributed by atoms with Gasteiger partial charge in [0.2, 0.25) is 5.89 Å². The van der Waals surface area contributed by atoms with Crippen LogP contribution in [0.15, 0.2) is 33.8 Å². The molecule has 3 rings (SSSR count). The van der Waals surface area contributed by atoms with Crippen molar-refractivity contribution in [1.82, 2.24) is 25.7 Å². The molecule has 1 fully saturated rings. The van der Waals surface area contributed by atoms with Crippen LogP contribution in [0, 0.1) is 6.92 Å². The smallest absolute Gasteiger partial charge is 0.228 e. The Morgan fingerprint density at radius 3 is 2.60 bits per heavy atom. The van der Waals surface area contributed by atoms with Crippen molar-refractivity contribution < 1.29 is 9.26 Å². The van der Waals surface area contributed by atoms with Crippen molar-refractivity contribution in [1.29, 1.82) is 0 Å². The highest BCUT2D eigenvalue weighted by Gasteiger charge is 2.22. The second-order valence-electron chi connectivity index (χ2n) is 7.52. The van der Waals surface area contributed by atoms with Gasteiger partial charge in [-0.15, -0.1) is 0 Å². The Hall–Kier alpha value is -2.61. The number of hydrogen-bond donors (Lipinski definition) is 2. The highest BCUT2D eigenvalue weighted by atomic mass is 16.5. The molecule has 1 aromatic heterocycles. The maximum Gasteiger partial charge on any atom is 0.228 e. The van der Waals surface area contributed by atoms with Crippen molar-refractivity contribution in [3.8, 4) is 5.75 Å². The molecule has 2 aromatic rings. The van der Waals surface area contributed by atoms with E-state index in [9.17, 15) is 0 Å². The summed E-state index contributed by atoms with van der Waals surface area (Å²) in [4.78, 5) is 11.7. The molecule has 2 heterocycles. The van der Waals surface area contributed by atoms with Gasteiger partial charge < -0.3 is 19.9 Å². The van der Waals surface area contributed by atoms with Gasteiger partial charge in [0.05, 0.1) is 19.7 Å². The van der Waals surface area contributed by atoms with Gasteiger partial charge in [-0.25, -0.2) is 0 Å². The quantitative estimate of drug-likeness (QED) is 0.482. The Kier molecular flexibility index (Phi) is 8.50. The van der Waals surface area contributed by atoms with E-state index in [1.165, 1.54) is 24.8 Å². The number of methoxy groups -OCH3 is 1. The van der Waals surface area contributed by atoms with Gasteiger partial charge in [-0.2, -0.15) is 4.98 Å². The molecule has 8 nitrogen and oxygen atoms in total. The summed E-state index contributed by atoms with van der Waals surface area (Å²) >= 11 is 0. The van der Waals surface area contributed by atoms with Crippen molar-refractivity contribution in [2.45, 2.75) is 45.6 Å². The molecular weight excluding hydrogens is 380 g/mol. The van der Waals surface area contributed by atoms with Gasteiger partial charge in [0.1, 0.15) is 5.75 Å². The summed E-state index contributed by atoms with van der Waals surface area (Å²) in [5.41, 5.74) is 1.28. The highest BCUT2D eigenvalue weighted by molar-refractivity contribution is 5.79. The lowest BCUT2D eigenvalue weighted by atomic mass is 10.0. The number of guanidine groups is 1. The molecule has 2 N–H and O–H groups in total. The molecule has 0 amide bonds. The summed E-state index contributed by atoms with van der Waals surface area (Å²) in [6.07, 6.45) is 4.48. The van der Waals surface area contributed by atoms with Crippen LogP contribution in [0.2, 0.25) is 0 Å². The summed E-state index contributed by atoms with van der Waals surface area (Å²) in [5, 5.41) is 10.5. The van der Waals surface area contributed by atoms with E-state index < -0.39 is 0 Å². The zero-order valence-corrected chi connectivity index (χ0v) is 18.4. The van der Waals surface area contributed by atoms with Crippen LogP contribution < -0.4 is 15.4 Å². The van der Waals surface area contributed by atoms with E-state index in [1.807, 2.05) is 19.1 Å². The predicted molar refractivity (Wildman–Crippen MR) is 118 cm³/mol. The molecule has 1 aromatic carbocycles.